The zero-order valence-electron chi connectivity index (χ0n) is 8.04. The van der Waals surface area contributed by atoms with Gasteiger partial charge in [0.2, 0.25) is 0 Å². The zero-order valence-corrected chi connectivity index (χ0v) is 9.68. The van der Waals surface area contributed by atoms with E-state index in [1.807, 2.05) is 6.92 Å². The van der Waals surface area contributed by atoms with E-state index in [4.69, 9.17) is 5.73 Å². The van der Waals surface area contributed by atoms with Gasteiger partial charge in [0.25, 0.3) is 0 Å². The lowest BCUT2D eigenvalue weighted by Gasteiger charge is -1.96. The normalized spacial score (nSPS) is 10.5. The van der Waals surface area contributed by atoms with Crippen LogP contribution in [0.25, 0.3) is 0 Å². The fourth-order valence-corrected chi connectivity index (χ4v) is 2.52. The van der Waals surface area contributed by atoms with Crippen LogP contribution < -0.4 is 5.73 Å². The van der Waals surface area contributed by atoms with Gasteiger partial charge >= 0.3 is 0 Å². The molecule has 0 saturated carbocycles. The van der Waals surface area contributed by atoms with E-state index >= 15 is 0 Å². The van der Waals surface area contributed by atoms with Crippen LogP contribution in [0.4, 0.5) is 0 Å². The minimum Gasteiger partial charge on any atom is -0.326 e. The fourth-order valence-electron chi connectivity index (χ4n) is 0.899. The standard InChI is InChI=1S/C8H9N5S2/c1-5-12-13-8(14-5)15-7-10-3-6(2-9)4-11-7/h3-4H,2,9H2,1H3. The molecule has 2 heterocycles. The first-order chi connectivity index (χ1) is 7.28. The van der Waals surface area contributed by atoms with Gasteiger partial charge in [0.05, 0.1) is 0 Å². The summed E-state index contributed by atoms with van der Waals surface area (Å²) >= 11 is 2.94. The maximum absolute atomic E-state index is 5.45. The van der Waals surface area contributed by atoms with Gasteiger partial charge in [-0.3, -0.25) is 0 Å². The van der Waals surface area contributed by atoms with Gasteiger partial charge in [-0.15, -0.1) is 10.2 Å². The van der Waals surface area contributed by atoms with Gasteiger partial charge in [-0.25, -0.2) is 9.97 Å². The molecule has 0 amide bonds. The van der Waals surface area contributed by atoms with Crippen molar-refractivity contribution in [3.8, 4) is 0 Å². The van der Waals surface area contributed by atoms with E-state index in [0.29, 0.717) is 11.7 Å². The number of aromatic nitrogens is 4. The Morgan fingerprint density at radius 1 is 1.33 bits per heavy atom. The van der Waals surface area contributed by atoms with E-state index < -0.39 is 0 Å². The van der Waals surface area contributed by atoms with E-state index in [-0.39, 0.29) is 0 Å². The van der Waals surface area contributed by atoms with Gasteiger partial charge in [0.15, 0.2) is 9.50 Å². The van der Waals surface area contributed by atoms with Crippen LogP contribution in [0.2, 0.25) is 0 Å². The molecule has 0 fully saturated rings. The van der Waals surface area contributed by atoms with Gasteiger partial charge in [-0.1, -0.05) is 11.3 Å². The van der Waals surface area contributed by atoms with Crippen LogP contribution in [0.3, 0.4) is 0 Å². The summed E-state index contributed by atoms with van der Waals surface area (Å²) in [5.41, 5.74) is 6.37. The van der Waals surface area contributed by atoms with Crippen molar-refractivity contribution in [1.82, 2.24) is 20.2 Å². The highest BCUT2D eigenvalue weighted by molar-refractivity contribution is 8.00. The molecule has 0 aliphatic heterocycles. The summed E-state index contributed by atoms with van der Waals surface area (Å²) in [5.74, 6) is 0. The van der Waals surface area contributed by atoms with Crippen molar-refractivity contribution in [3.05, 3.63) is 23.0 Å². The van der Waals surface area contributed by atoms with Crippen molar-refractivity contribution in [2.75, 3.05) is 0 Å². The molecule has 0 saturated heterocycles. The van der Waals surface area contributed by atoms with E-state index in [1.54, 1.807) is 12.4 Å². The first kappa shape index (κ1) is 10.5. The fraction of sp³-hybridized carbons (Fsp3) is 0.250. The first-order valence-electron chi connectivity index (χ1n) is 4.27. The van der Waals surface area contributed by atoms with Crippen LogP contribution in [-0.2, 0) is 6.54 Å². The van der Waals surface area contributed by atoms with Crippen LogP contribution >= 0.6 is 23.1 Å². The SMILES string of the molecule is Cc1nnc(Sc2ncc(CN)cn2)s1. The van der Waals surface area contributed by atoms with Gasteiger partial charge in [0.1, 0.15) is 5.01 Å². The molecular formula is C8H9N5S2. The van der Waals surface area contributed by atoms with Crippen molar-refractivity contribution in [3.63, 3.8) is 0 Å². The molecule has 15 heavy (non-hydrogen) atoms. The Morgan fingerprint density at radius 3 is 2.60 bits per heavy atom. The molecule has 0 aromatic carbocycles. The van der Waals surface area contributed by atoms with Crippen molar-refractivity contribution >= 4 is 23.1 Å². The predicted octanol–water partition coefficient (Wildman–Crippen LogP) is 1.25. The third-order valence-corrected chi connectivity index (χ3v) is 3.39. The third-order valence-electron chi connectivity index (χ3n) is 1.60. The average Bonchev–Trinajstić information content (AvgIpc) is 2.65. The Balaban J connectivity index is 2.11. The summed E-state index contributed by atoms with van der Waals surface area (Å²) in [5, 5.41) is 9.51. The maximum Gasteiger partial charge on any atom is 0.194 e. The highest BCUT2D eigenvalue weighted by Crippen LogP contribution is 2.26. The zero-order chi connectivity index (χ0) is 10.7. The smallest absolute Gasteiger partial charge is 0.194 e. The molecule has 7 heteroatoms. The summed E-state index contributed by atoms with van der Waals surface area (Å²) in [6.07, 6.45) is 3.45. The Labute approximate surface area is 95.2 Å². The topological polar surface area (TPSA) is 77.6 Å². The van der Waals surface area contributed by atoms with Crippen LogP contribution in [0.1, 0.15) is 10.6 Å². The predicted molar refractivity (Wildman–Crippen MR) is 58.7 cm³/mol. The van der Waals surface area contributed by atoms with Gasteiger partial charge in [0, 0.05) is 24.5 Å². The Kier molecular flexibility index (Phi) is 3.24. The van der Waals surface area contributed by atoms with Crippen LogP contribution in [0.5, 0.6) is 0 Å². The molecule has 0 spiro atoms. The molecule has 2 aromatic rings. The maximum atomic E-state index is 5.45. The number of hydrogen-bond donors (Lipinski definition) is 1. The van der Waals surface area contributed by atoms with Crippen LogP contribution in [-0.4, -0.2) is 20.2 Å². The van der Waals surface area contributed by atoms with E-state index in [9.17, 15) is 0 Å². The van der Waals surface area contributed by atoms with E-state index in [1.165, 1.54) is 23.1 Å². The Bertz CT molecular complexity index is 439. The third kappa shape index (κ3) is 2.71. The van der Waals surface area contributed by atoms with Crippen molar-refractivity contribution in [2.24, 2.45) is 5.73 Å². The molecule has 0 unspecified atom stereocenters. The Morgan fingerprint density at radius 2 is 2.07 bits per heavy atom. The van der Waals surface area contributed by atoms with Crippen molar-refractivity contribution in [1.29, 1.82) is 0 Å². The molecule has 0 radical (unpaired) electrons. The molecule has 0 bridgehead atoms. The highest BCUT2D eigenvalue weighted by atomic mass is 32.2. The van der Waals surface area contributed by atoms with Gasteiger partial charge in [-0.2, -0.15) is 0 Å². The van der Waals surface area contributed by atoms with Crippen LogP contribution in [0, 0.1) is 6.92 Å². The number of nitrogens with zero attached hydrogens (tertiary/aromatic N) is 4. The molecular weight excluding hydrogens is 230 g/mol. The quantitative estimate of drug-likeness (QED) is 0.812. The number of rotatable bonds is 3. The summed E-state index contributed by atoms with van der Waals surface area (Å²) in [4.78, 5) is 8.33. The second-order valence-electron chi connectivity index (χ2n) is 2.77. The second-order valence-corrected chi connectivity index (χ2v) is 5.16. The van der Waals surface area contributed by atoms with Crippen molar-refractivity contribution in [2.45, 2.75) is 23.0 Å². The lowest BCUT2D eigenvalue weighted by atomic mass is 10.4. The Hall–Kier alpha value is -1.05. The minimum atomic E-state index is 0.461. The molecule has 0 aliphatic carbocycles. The molecule has 2 N–H and O–H groups in total. The summed E-state index contributed by atoms with van der Waals surface area (Å²) in [6.45, 7) is 2.38. The molecule has 5 nitrogen and oxygen atoms in total. The summed E-state index contributed by atoms with van der Waals surface area (Å²) in [6, 6.07) is 0. The highest BCUT2D eigenvalue weighted by Gasteiger charge is 2.05. The minimum absolute atomic E-state index is 0.461. The first-order valence-corrected chi connectivity index (χ1v) is 5.90. The number of nitrogens with two attached hydrogens (primary N) is 1. The molecule has 0 aliphatic rings. The lowest BCUT2D eigenvalue weighted by molar-refractivity contribution is 0.908. The van der Waals surface area contributed by atoms with E-state index in [0.717, 1.165) is 14.9 Å². The molecule has 2 rings (SSSR count). The molecule has 0 atom stereocenters. The second kappa shape index (κ2) is 4.65. The molecule has 2 aromatic heterocycles. The summed E-state index contributed by atoms with van der Waals surface area (Å²) < 4.78 is 0.855. The lowest BCUT2D eigenvalue weighted by Crippen LogP contribution is -1.98. The average molecular weight is 239 g/mol. The van der Waals surface area contributed by atoms with Gasteiger partial charge in [-0.05, 0) is 18.7 Å². The number of aryl methyl sites for hydroxylation is 1. The van der Waals surface area contributed by atoms with E-state index in [2.05, 4.69) is 20.2 Å². The summed E-state index contributed by atoms with van der Waals surface area (Å²) in [7, 11) is 0. The largest absolute Gasteiger partial charge is 0.326 e. The number of hydrogen-bond acceptors (Lipinski definition) is 7. The van der Waals surface area contributed by atoms with Gasteiger partial charge < -0.3 is 5.73 Å². The van der Waals surface area contributed by atoms with Crippen LogP contribution in [0.15, 0.2) is 21.9 Å². The molecule has 78 valence electrons. The van der Waals surface area contributed by atoms with Crippen molar-refractivity contribution < 1.29 is 0 Å². The monoisotopic (exact) mass is 239 g/mol.